The van der Waals surface area contributed by atoms with Gasteiger partial charge in [-0.05, 0) is 117 Å². The van der Waals surface area contributed by atoms with E-state index >= 15 is 0 Å². The molecule has 0 fully saturated rings. The van der Waals surface area contributed by atoms with Crippen LogP contribution in [0, 0.1) is 22.7 Å². The fourth-order valence-electron chi connectivity index (χ4n) is 10.1. The first kappa shape index (κ1) is 42.0. The molecule has 12 aromatic rings. The van der Waals surface area contributed by atoms with E-state index in [1.807, 2.05) is 91.0 Å². The maximum Gasteiger partial charge on any atom is 0.416 e. The Hall–Kier alpha value is -9.43. The Morgan fingerprint density at radius 1 is 0.314 bits per heavy atom. The quantitative estimate of drug-likeness (QED) is 0.160. The van der Waals surface area contributed by atoms with Crippen molar-refractivity contribution in [2.24, 2.45) is 0 Å². The summed E-state index contributed by atoms with van der Waals surface area (Å²) in [5.41, 5.74) is 12.9. The van der Waals surface area contributed by atoms with Crippen LogP contribution in [0.1, 0.15) is 16.7 Å². The van der Waals surface area contributed by atoms with Crippen LogP contribution in [-0.2, 0) is 6.18 Å². The van der Waals surface area contributed by atoms with Crippen molar-refractivity contribution in [3.63, 3.8) is 0 Å². The third kappa shape index (κ3) is 7.08. The zero-order valence-electron chi connectivity index (χ0n) is 37.3. The van der Waals surface area contributed by atoms with Crippen LogP contribution in [0.5, 0.6) is 0 Å². The Morgan fingerprint density at radius 3 is 0.971 bits per heavy atom. The smallest absolute Gasteiger partial charge is 0.307 e. The molecule has 10 aromatic carbocycles. The molecule has 7 heteroatoms. The van der Waals surface area contributed by atoms with Gasteiger partial charge in [0, 0.05) is 32.7 Å². The second kappa shape index (κ2) is 16.7. The van der Waals surface area contributed by atoms with Gasteiger partial charge in [0.1, 0.15) is 0 Å². The van der Waals surface area contributed by atoms with Crippen molar-refractivity contribution in [3.05, 3.63) is 241 Å². The third-order valence-electron chi connectivity index (χ3n) is 13.4. The van der Waals surface area contributed by atoms with Crippen molar-refractivity contribution in [1.82, 2.24) is 9.13 Å². The van der Waals surface area contributed by atoms with E-state index in [0.717, 1.165) is 100 Å². The molecule has 0 radical (unpaired) electrons. The topological polar surface area (TPSA) is 57.4 Å². The Kier molecular flexibility index (Phi) is 10.0. The van der Waals surface area contributed by atoms with Crippen LogP contribution < -0.4 is 0 Å². The first-order valence-corrected chi connectivity index (χ1v) is 22.8. The van der Waals surface area contributed by atoms with Crippen LogP contribution in [0.15, 0.2) is 224 Å². The van der Waals surface area contributed by atoms with Gasteiger partial charge in [-0.15, -0.1) is 0 Å². The van der Waals surface area contributed by atoms with Crippen LogP contribution in [0.2, 0.25) is 0 Å². The van der Waals surface area contributed by atoms with E-state index in [2.05, 4.69) is 137 Å². The van der Waals surface area contributed by atoms with Crippen LogP contribution in [0.25, 0.3) is 111 Å². The van der Waals surface area contributed by atoms with E-state index in [1.165, 1.54) is 6.07 Å². The molecule has 0 aliphatic rings. The Balaban J connectivity index is 1.21. The molecule has 2 heterocycles. The molecule has 0 unspecified atom stereocenters. The number of rotatable bonds is 7. The van der Waals surface area contributed by atoms with Crippen LogP contribution >= 0.6 is 0 Å². The van der Waals surface area contributed by atoms with E-state index in [0.29, 0.717) is 16.9 Å². The van der Waals surface area contributed by atoms with Gasteiger partial charge in [-0.1, -0.05) is 152 Å². The van der Waals surface area contributed by atoms with Gasteiger partial charge in [-0.25, -0.2) is 0 Å². The molecule has 70 heavy (non-hydrogen) atoms. The molecule has 0 aliphatic carbocycles. The number of fused-ring (bicyclic) bond motifs is 6. The minimum Gasteiger partial charge on any atom is -0.307 e. The van der Waals surface area contributed by atoms with Gasteiger partial charge in [0.05, 0.1) is 62.3 Å². The van der Waals surface area contributed by atoms with E-state index in [1.54, 1.807) is 0 Å². The highest BCUT2D eigenvalue weighted by Gasteiger charge is 2.32. The summed E-state index contributed by atoms with van der Waals surface area (Å²) >= 11 is 0. The van der Waals surface area contributed by atoms with Gasteiger partial charge in [-0.2, -0.15) is 23.7 Å². The van der Waals surface area contributed by atoms with E-state index < -0.39 is 11.7 Å². The standard InChI is InChI=1S/C63H37F3N4/c64-63(65,66)50-25-26-51(48(31-50)38-67)52-37-62(70-59-29-23-46(42-17-9-3-10-18-42)34-55(59)56-35-47(24-30-60(56)70)43-19-11-4-12-20-43)61(36-49(52)39-68)69-57-27-21-44(40-13-5-1-6-14-40)32-53(57)54-33-45(22-28-58(54)69)41-15-7-2-8-16-41/h1-37H. The van der Waals surface area contributed by atoms with Gasteiger partial charge in [0.2, 0.25) is 0 Å². The number of aromatic nitrogens is 2. The van der Waals surface area contributed by atoms with Crippen molar-refractivity contribution in [3.8, 4) is 79.1 Å². The number of alkyl halides is 3. The highest BCUT2D eigenvalue weighted by atomic mass is 19.4. The minimum absolute atomic E-state index is 0.189. The summed E-state index contributed by atoms with van der Waals surface area (Å²) in [6.45, 7) is 0. The molecule has 330 valence electrons. The first-order valence-electron chi connectivity index (χ1n) is 22.8. The largest absolute Gasteiger partial charge is 0.416 e. The summed E-state index contributed by atoms with van der Waals surface area (Å²) in [7, 11) is 0. The lowest BCUT2D eigenvalue weighted by atomic mass is 9.93. The fraction of sp³-hybridized carbons (Fsp3) is 0.0159. The molecule has 12 rings (SSSR count). The molecule has 0 amide bonds. The van der Waals surface area contributed by atoms with Crippen molar-refractivity contribution >= 4 is 43.6 Å². The molecule has 0 bridgehead atoms. The summed E-state index contributed by atoms with van der Waals surface area (Å²) in [4.78, 5) is 0. The molecular formula is C63H37F3N4. The average molecular weight is 907 g/mol. The normalized spacial score (nSPS) is 11.6. The fourth-order valence-corrected chi connectivity index (χ4v) is 10.1. The number of halogens is 3. The average Bonchev–Trinajstić information content (AvgIpc) is 3.92. The molecule has 0 saturated carbocycles. The summed E-state index contributed by atoms with van der Waals surface area (Å²) in [6.07, 6.45) is -4.67. The molecule has 4 nitrogen and oxygen atoms in total. The van der Waals surface area contributed by atoms with Crippen LogP contribution in [-0.4, -0.2) is 9.13 Å². The summed E-state index contributed by atoms with van der Waals surface area (Å²) in [6, 6.07) is 78.0. The number of hydrogen-bond donors (Lipinski definition) is 0. The molecule has 0 spiro atoms. The molecule has 0 atom stereocenters. The van der Waals surface area contributed by atoms with Crippen molar-refractivity contribution in [1.29, 1.82) is 10.5 Å². The lowest BCUT2D eigenvalue weighted by Crippen LogP contribution is -2.07. The number of nitriles is 2. The van der Waals surface area contributed by atoms with E-state index in [4.69, 9.17) is 0 Å². The number of hydrogen-bond acceptors (Lipinski definition) is 2. The van der Waals surface area contributed by atoms with Gasteiger partial charge < -0.3 is 9.13 Å². The highest BCUT2D eigenvalue weighted by molar-refractivity contribution is 6.14. The number of benzene rings is 10. The summed E-state index contributed by atoms with van der Waals surface area (Å²) in [5, 5.41) is 25.5. The zero-order chi connectivity index (χ0) is 47.5. The molecule has 0 aliphatic heterocycles. The second-order valence-corrected chi connectivity index (χ2v) is 17.4. The Morgan fingerprint density at radius 2 is 0.643 bits per heavy atom. The predicted octanol–water partition coefficient (Wildman–Crippen LogP) is 17.0. The van der Waals surface area contributed by atoms with Crippen molar-refractivity contribution < 1.29 is 13.2 Å². The van der Waals surface area contributed by atoms with Gasteiger partial charge in [0.25, 0.3) is 0 Å². The highest BCUT2D eigenvalue weighted by Crippen LogP contribution is 2.45. The molecular weight excluding hydrogens is 870 g/mol. The lowest BCUT2D eigenvalue weighted by molar-refractivity contribution is -0.137. The van der Waals surface area contributed by atoms with Crippen LogP contribution in [0.4, 0.5) is 13.2 Å². The first-order chi connectivity index (χ1) is 34.2. The Labute approximate surface area is 401 Å². The second-order valence-electron chi connectivity index (χ2n) is 17.4. The van der Waals surface area contributed by atoms with Crippen LogP contribution in [0.3, 0.4) is 0 Å². The van der Waals surface area contributed by atoms with Crippen molar-refractivity contribution in [2.45, 2.75) is 6.18 Å². The van der Waals surface area contributed by atoms with E-state index in [9.17, 15) is 23.7 Å². The summed E-state index contributed by atoms with van der Waals surface area (Å²) < 4.78 is 46.8. The van der Waals surface area contributed by atoms with Gasteiger partial charge in [0.15, 0.2) is 0 Å². The monoisotopic (exact) mass is 906 g/mol. The number of nitrogens with zero attached hydrogens (tertiary/aromatic N) is 4. The molecule has 0 saturated heterocycles. The predicted molar refractivity (Wildman–Crippen MR) is 277 cm³/mol. The molecule has 0 N–H and O–H groups in total. The zero-order valence-corrected chi connectivity index (χ0v) is 37.3. The minimum atomic E-state index is -4.67. The maximum absolute atomic E-state index is 14.1. The van der Waals surface area contributed by atoms with Crippen molar-refractivity contribution in [2.75, 3.05) is 0 Å². The Bertz CT molecular complexity index is 3910. The third-order valence-corrected chi connectivity index (χ3v) is 13.4. The maximum atomic E-state index is 14.1. The lowest BCUT2D eigenvalue weighted by Gasteiger charge is -2.20. The van der Waals surface area contributed by atoms with Gasteiger partial charge in [-0.3, -0.25) is 0 Å². The van der Waals surface area contributed by atoms with Gasteiger partial charge >= 0.3 is 6.18 Å². The SMILES string of the molecule is N#Cc1cc(C(F)(F)F)ccc1-c1cc(-n2c3ccc(-c4ccccc4)cc3c3cc(-c4ccccc4)ccc32)c(-n2c3ccc(-c4ccccc4)cc3c3cc(-c4ccccc4)ccc32)cc1C#N. The van der Waals surface area contributed by atoms with E-state index in [-0.39, 0.29) is 16.7 Å². The summed E-state index contributed by atoms with van der Waals surface area (Å²) in [5.74, 6) is 0. The molecule has 2 aromatic heterocycles.